The first-order chi connectivity index (χ1) is 13.8. The molecule has 0 spiro atoms. The predicted molar refractivity (Wildman–Crippen MR) is 115 cm³/mol. The molecule has 3 rings (SSSR count). The number of hydrogen-bond donors (Lipinski definition) is 2. The van der Waals surface area contributed by atoms with Crippen LogP contribution in [0.25, 0.3) is 11.4 Å². The summed E-state index contributed by atoms with van der Waals surface area (Å²) in [4.78, 5) is 21.9. The fourth-order valence-electron chi connectivity index (χ4n) is 2.74. The summed E-state index contributed by atoms with van der Waals surface area (Å²) in [6.07, 6.45) is 0. The van der Waals surface area contributed by atoms with Crippen LogP contribution in [-0.4, -0.2) is 28.5 Å². The van der Waals surface area contributed by atoms with Crippen LogP contribution < -0.4 is 15.4 Å². The molecule has 1 amide bonds. The number of carbonyl (C=O) groups is 1. The number of aromatic nitrogens is 2. The number of nitrogens with one attached hydrogen (secondary N) is 2. The van der Waals surface area contributed by atoms with E-state index in [2.05, 4.69) is 20.6 Å². The molecule has 29 heavy (non-hydrogen) atoms. The summed E-state index contributed by atoms with van der Waals surface area (Å²) in [5, 5.41) is 6.25. The molecule has 0 radical (unpaired) electrons. The quantitative estimate of drug-likeness (QED) is 0.657. The number of carbonyl (C=O) groups excluding carboxylic acids is 1. The van der Waals surface area contributed by atoms with E-state index in [0.717, 1.165) is 16.9 Å². The average molecular weight is 390 g/mol. The minimum atomic E-state index is -0.252. The SMILES string of the molecule is COc1ccc(CNC(=O)c2cc(NC(C)(C)C)nc(-c3ccccc3)n2)cc1. The third-order valence-electron chi connectivity index (χ3n) is 4.11. The molecule has 1 aromatic heterocycles. The van der Waals surface area contributed by atoms with Gasteiger partial charge in [-0.2, -0.15) is 0 Å². The second-order valence-corrected chi connectivity index (χ2v) is 7.73. The van der Waals surface area contributed by atoms with Crippen LogP contribution in [0.2, 0.25) is 0 Å². The van der Waals surface area contributed by atoms with Crippen LogP contribution in [0.4, 0.5) is 5.82 Å². The molecule has 0 saturated heterocycles. The second kappa shape index (κ2) is 8.73. The number of benzene rings is 2. The lowest BCUT2D eigenvalue weighted by Crippen LogP contribution is -2.28. The van der Waals surface area contributed by atoms with Crippen molar-refractivity contribution in [3.8, 4) is 17.1 Å². The zero-order valence-electron chi connectivity index (χ0n) is 17.2. The minimum absolute atomic E-state index is 0.195. The summed E-state index contributed by atoms with van der Waals surface area (Å²) < 4.78 is 5.16. The van der Waals surface area contributed by atoms with Crippen molar-refractivity contribution >= 4 is 11.7 Å². The Balaban J connectivity index is 1.83. The molecule has 0 aliphatic carbocycles. The third kappa shape index (κ3) is 5.78. The van der Waals surface area contributed by atoms with Crippen molar-refractivity contribution in [1.29, 1.82) is 0 Å². The molecule has 6 heteroatoms. The summed E-state index contributed by atoms with van der Waals surface area (Å²) in [7, 11) is 1.62. The molecule has 1 heterocycles. The van der Waals surface area contributed by atoms with Crippen molar-refractivity contribution in [1.82, 2.24) is 15.3 Å². The molecule has 3 aromatic rings. The van der Waals surface area contributed by atoms with Gasteiger partial charge in [0.1, 0.15) is 17.3 Å². The third-order valence-corrected chi connectivity index (χ3v) is 4.11. The molecule has 6 nitrogen and oxygen atoms in total. The van der Waals surface area contributed by atoms with E-state index >= 15 is 0 Å². The van der Waals surface area contributed by atoms with Gasteiger partial charge in [-0.05, 0) is 38.5 Å². The Morgan fingerprint density at radius 1 is 1.00 bits per heavy atom. The van der Waals surface area contributed by atoms with Gasteiger partial charge in [-0.15, -0.1) is 0 Å². The maximum atomic E-state index is 12.8. The van der Waals surface area contributed by atoms with Gasteiger partial charge in [-0.3, -0.25) is 4.79 Å². The van der Waals surface area contributed by atoms with Gasteiger partial charge in [-0.1, -0.05) is 42.5 Å². The predicted octanol–water partition coefficient (Wildman–Crippen LogP) is 4.29. The van der Waals surface area contributed by atoms with E-state index in [1.165, 1.54) is 0 Å². The lowest BCUT2D eigenvalue weighted by atomic mass is 10.1. The molecule has 0 fully saturated rings. The van der Waals surface area contributed by atoms with Gasteiger partial charge in [0.25, 0.3) is 5.91 Å². The van der Waals surface area contributed by atoms with Gasteiger partial charge in [0.15, 0.2) is 5.82 Å². The van der Waals surface area contributed by atoms with Crippen LogP contribution in [0.15, 0.2) is 60.7 Å². The highest BCUT2D eigenvalue weighted by atomic mass is 16.5. The van der Waals surface area contributed by atoms with Crippen molar-refractivity contribution < 1.29 is 9.53 Å². The Labute approximate surface area is 171 Å². The zero-order chi connectivity index (χ0) is 20.9. The average Bonchev–Trinajstić information content (AvgIpc) is 2.71. The van der Waals surface area contributed by atoms with Gasteiger partial charge in [0.2, 0.25) is 0 Å². The summed E-state index contributed by atoms with van der Waals surface area (Å²) in [5.74, 6) is 1.65. The van der Waals surface area contributed by atoms with E-state index in [0.29, 0.717) is 23.9 Å². The van der Waals surface area contributed by atoms with Gasteiger partial charge >= 0.3 is 0 Å². The van der Waals surface area contributed by atoms with E-state index < -0.39 is 0 Å². The number of amides is 1. The molecular formula is C23H26N4O2. The van der Waals surface area contributed by atoms with E-state index in [4.69, 9.17) is 4.74 Å². The van der Waals surface area contributed by atoms with Crippen LogP contribution in [-0.2, 0) is 6.54 Å². The number of anilines is 1. The van der Waals surface area contributed by atoms with Gasteiger partial charge in [-0.25, -0.2) is 9.97 Å². The second-order valence-electron chi connectivity index (χ2n) is 7.73. The summed E-state index contributed by atoms with van der Waals surface area (Å²) in [5.41, 5.74) is 1.96. The highest BCUT2D eigenvalue weighted by molar-refractivity contribution is 5.93. The number of methoxy groups -OCH3 is 1. The van der Waals surface area contributed by atoms with Crippen molar-refractivity contribution in [2.24, 2.45) is 0 Å². The molecule has 2 aromatic carbocycles. The van der Waals surface area contributed by atoms with E-state index in [1.807, 2.05) is 75.4 Å². The summed E-state index contributed by atoms with van der Waals surface area (Å²) in [6, 6.07) is 18.9. The molecule has 0 saturated carbocycles. The largest absolute Gasteiger partial charge is 0.497 e. The Morgan fingerprint density at radius 2 is 1.69 bits per heavy atom. The van der Waals surface area contributed by atoms with Crippen LogP contribution in [0.3, 0.4) is 0 Å². The molecular weight excluding hydrogens is 364 g/mol. The van der Waals surface area contributed by atoms with Crippen LogP contribution in [0.5, 0.6) is 5.75 Å². The van der Waals surface area contributed by atoms with Gasteiger partial charge < -0.3 is 15.4 Å². The fourth-order valence-corrected chi connectivity index (χ4v) is 2.74. The lowest BCUT2D eigenvalue weighted by Gasteiger charge is -2.22. The smallest absolute Gasteiger partial charge is 0.270 e. The highest BCUT2D eigenvalue weighted by Crippen LogP contribution is 2.20. The molecule has 0 bridgehead atoms. The molecule has 0 aliphatic heterocycles. The van der Waals surface area contributed by atoms with Crippen molar-refractivity contribution in [3.63, 3.8) is 0 Å². The normalized spacial score (nSPS) is 11.0. The molecule has 0 atom stereocenters. The molecule has 2 N–H and O–H groups in total. The van der Waals surface area contributed by atoms with Crippen LogP contribution in [0.1, 0.15) is 36.8 Å². The van der Waals surface area contributed by atoms with Crippen molar-refractivity contribution in [3.05, 3.63) is 71.9 Å². The Hall–Kier alpha value is -3.41. The van der Waals surface area contributed by atoms with E-state index in [1.54, 1.807) is 13.2 Å². The fraction of sp³-hybridized carbons (Fsp3) is 0.261. The Morgan fingerprint density at radius 3 is 2.31 bits per heavy atom. The first kappa shape index (κ1) is 20.3. The topological polar surface area (TPSA) is 76.1 Å². The standard InChI is InChI=1S/C23H26N4O2/c1-23(2,3)27-20-14-19(25-21(26-20)17-8-6-5-7-9-17)22(28)24-15-16-10-12-18(29-4)13-11-16/h5-14H,15H2,1-4H3,(H,24,28)(H,25,26,27). The first-order valence-corrected chi connectivity index (χ1v) is 9.48. The lowest BCUT2D eigenvalue weighted by molar-refractivity contribution is 0.0946. The minimum Gasteiger partial charge on any atom is -0.497 e. The van der Waals surface area contributed by atoms with Crippen molar-refractivity contribution in [2.75, 3.05) is 12.4 Å². The number of rotatable bonds is 6. The highest BCUT2D eigenvalue weighted by Gasteiger charge is 2.16. The number of ether oxygens (including phenoxy) is 1. The Bertz CT molecular complexity index is 964. The van der Waals surface area contributed by atoms with Crippen LogP contribution in [0, 0.1) is 0 Å². The number of nitrogens with zero attached hydrogens (tertiary/aromatic N) is 2. The van der Waals surface area contributed by atoms with Gasteiger partial charge in [0, 0.05) is 23.7 Å². The summed E-state index contributed by atoms with van der Waals surface area (Å²) >= 11 is 0. The summed E-state index contributed by atoms with van der Waals surface area (Å²) in [6.45, 7) is 6.53. The Kier molecular flexibility index (Phi) is 6.12. The molecule has 150 valence electrons. The van der Waals surface area contributed by atoms with Crippen LogP contribution >= 0.6 is 0 Å². The zero-order valence-corrected chi connectivity index (χ0v) is 17.2. The monoisotopic (exact) mass is 390 g/mol. The maximum absolute atomic E-state index is 12.8. The van der Waals surface area contributed by atoms with E-state index in [9.17, 15) is 4.79 Å². The van der Waals surface area contributed by atoms with E-state index in [-0.39, 0.29) is 11.4 Å². The van der Waals surface area contributed by atoms with Gasteiger partial charge in [0.05, 0.1) is 7.11 Å². The molecule has 0 unspecified atom stereocenters. The van der Waals surface area contributed by atoms with Crippen molar-refractivity contribution in [2.45, 2.75) is 32.9 Å². The first-order valence-electron chi connectivity index (χ1n) is 9.48. The molecule has 0 aliphatic rings. The maximum Gasteiger partial charge on any atom is 0.270 e. The number of hydrogen-bond acceptors (Lipinski definition) is 5.